The smallest absolute Gasteiger partial charge is 0.333 e. The molecule has 2 aliphatic heterocycles. The van der Waals surface area contributed by atoms with Crippen LogP contribution in [0, 0.1) is 19.1 Å². The normalized spacial score (nSPS) is 14.6. The number of hydrogen-bond acceptors (Lipinski definition) is 14. The van der Waals surface area contributed by atoms with Gasteiger partial charge in [-0.05, 0) is 86.0 Å². The Kier molecular flexibility index (Phi) is 19.1. The van der Waals surface area contributed by atoms with Crippen molar-refractivity contribution in [3.05, 3.63) is 152 Å². The maximum atomic E-state index is 13.6. The topological polar surface area (TPSA) is 234 Å². The van der Waals surface area contributed by atoms with Crippen molar-refractivity contribution >= 4 is 67.2 Å². The monoisotopic (exact) mass is 1150 g/mol. The van der Waals surface area contributed by atoms with Gasteiger partial charge in [0.2, 0.25) is 11.8 Å². The molecule has 369 valence electrons. The number of amides is 4. The van der Waals surface area contributed by atoms with Crippen LogP contribution in [-0.2, 0) is 59.0 Å². The van der Waals surface area contributed by atoms with Gasteiger partial charge >= 0.3 is 5.97 Å². The Morgan fingerprint density at radius 3 is 1.97 bits per heavy atom. The second kappa shape index (κ2) is 25.5. The van der Waals surface area contributed by atoms with E-state index < -0.39 is 57.6 Å². The molecule has 2 fully saturated rings. The minimum atomic E-state index is -4.90. The number of carbonyl (C=O) groups is 5. The minimum Gasteiger partial charge on any atom is -0.748 e. The van der Waals surface area contributed by atoms with E-state index >= 15 is 0 Å². The molecule has 2 unspecified atom stereocenters. The summed E-state index contributed by atoms with van der Waals surface area (Å²) in [5.41, 5.74) is 7.15. The summed E-state index contributed by atoms with van der Waals surface area (Å²) in [5.74, 6) is -4.59. The molecule has 2 aliphatic rings. The summed E-state index contributed by atoms with van der Waals surface area (Å²) in [6.07, 6.45) is 8.31. The van der Waals surface area contributed by atoms with E-state index in [1.165, 1.54) is 0 Å². The first kappa shape index (κ1) is 53.0. The predicted molar refractivity (Wildman–Crippen MR) is 260 cm³/mol. The average Bonchev–Trinajstić information content (AvgIpc) is 4.00. The van der Waals surface area contributed by atoms with Crippen molar-refractivity contribution in [3.63, 3.8) is 0 Å². The van der Waals surface area contributed by atoms with Gasteiger partial charge in [-0.15, -0.1) is 76.9 Å². The number of imide groups is 1. The molecule has 0 aliphatic carbocycles. The Morgan fingerprint density at radius 2 is 1.38 bits per heavy atom. The number of pyridine rings is 4. The molecule has 19 heteroatoms. The number of hydrogen-bond donors (Lipinski definition) is 2. The Balaban J connectivity index is 0.000000265. The van der Waals surface area contributed by atoms with Gasteiger partial charge in [0.15, 0.2) is 0 Å². The number of unbranched alkanes of at least 4 members (excludes halogenated alkanes) is 1. The van der Waals surface area contributed by atoms with Crippen molar-refractivity contribution in [2.24, 2.45) is 0 Å². The first-order chi connectivity index (χ1) is 33.9. The molecule has 0 saturated carbocycles. The van der Waals surface area contributed by atoms with Crippen molar-refractivity contribution in [1.82, 2.24) is 35.6 Å². The van der Waals surface area contributed by atoms with Gasteiger partial charge in [-0.2, -0.15) is 0 Å². The second-order valence-corrected chi connectivity index (χ2v) is 17.7. The van der Waals surface area contributed by atoms with Crippen LogP contribution in [0.25, 0.3) is 44.3 Å². The van der Waals surface area contributed by atoms with Crippen LogP contribution >= 0.6 is 0 Å². The first-order valence-electron chi connectivity index (χ1n) is 22.6. The van der Waals surface area contributed by atoms with Crippen LogP contribution in [0.5, 0.6) is 0 Å². The number of anilines is 1. The second-order valence-electron chi connectivity index (χ2n) is 16.2. The van der Waals surface area contributed by atoms with Gasteiger partial charge < -0.3 is 34.9 Å². The summed E-state index contributed by atoms with van der Waals surface area (Å²) in [6, 6.07) is 38.8. The summed E-state index contributed by atoms with van der Waals surface area (Å²) in [7, 11) is -4.90. The zero-order valence-electron chi connectivity index (χ0n) is 38.5. The van der Waals surface area contributed by atoms with Crippen LogP contribution in [0.15, 0.2) is 134 Å². The molecular weight excluding hydrogens is 1100 g/mol. The molecule has 17 nitrogen and oxygen atoms in total. The van der Waals surface area contributed by atoms with Crippen LogP contribution in [0.4, 0.5) is 5.69 Å². The molecule has 9 rings (SSSR count). The number of benzene rings is 3. The summed E-state index contributed by atoms with van der Waals surface area (Å²) in [5, 5.41) is 7.08. The molecule has 0 spiro atoms. The third kappa shape index (κ3) is 14.6. The fourth-order valence-electron chi connectivity index (χ4n) is 7.86. The van der Waals surface area contributed by atoms with E-state index in [9.17, 15) is 36.9 Å². The summed E-state index contributed by atoms with van der Waals surface area (Å²) in [4.78, 5) is 85.8. The van der Waals surface area contributed by atoms with Crippen LogP contribution in [0.2, 0.25) is 0 Å². The standard InChI is InChI=1S/C30H34N6O9S.2C11H8N.Ir/c1-18-11-14-32-28-20(18)16-23(19-6-4-13-31-27(19)28)35-15-5-7-22(35)30(41)34-21(17-46(42,43)44)29(40)33-12-3-2-8-26(39)45-36-24(37)9-10-25(36)38;2*1-2-6-10(7-3-1)11-8-4-5-9-12-11;/h4,6,11,13-14,16,21-22H,2-3,5,7-10,12,15,17H2,1H3,(H,33,40)(H,34,41)(H,42,43,44);2*1-6,8-9H;/q;2*-1;/p-1. The van der Waals surface area contributed by atoms with Crippen molar-refractivity contribution in [1.29, 1.82) is 0 Å². The van der Waals surface area contributed by atoms with E-state index in [2.05, 4.69) is 42.7 Å². The van der Waals surface area contributed by atoms with Crippen LogP contribution in [-0.4, -0.2) is 98.5 Å². The zero-order chi connectivity index (χ0) is 49.5. The number of nitrogens with zero attached hydrogens (tertiary/aromatic N) is 6. The molecule has 7 aromatic rings. The number of aryl methyl sites for hydroxylation is 1. The fourth-order valence-corrected chi connectivity index (χ4v) is 8.50. The minimum absolute atomic E-state index is 0. The molecule has 4 amide bonds. The number of aromatic nitrogens is 4. The van der Waals surface area contributed by atoms with Crippen molar-refractivity contribution in [3.8, 4) is 22.5 Å². The SMILES string of the molecule is Cc1ccnc2c1cc(N1CCCC1C(=O)NC(CS(=O)(=O)[O-])C(=O)NCCCCC(=O)ON1C(=O)CCC1=O)c1cccnc12.[Ir].[c-]1ccccc1-c1ccccn1.[c-]1ccccc1-c1ccccn1. The Hall–Kier alpha value is -7.31. The zero-order valence-corrected chi connectivity index (χ0v) is 41.7. The maximum absolute atomic E-state index is 13.6. The van der Waals surface area contributed by atoms with Crippen LogP contribution < -0.4 is 15.5 Å². The van der Waals surface area contributed by atoms with E-state index in [0.29, 0.717) is 30.0 Å². The Bertz CT molecular complexity index is 2880. The third-order valence-corrected chi connectivity index (χ3v) is 12.0. The number of fused-ring (bicyclic) bond motifs is 3. The molecule has 0 bridgehead atoms. The summed E-state index contributed by atoms with van der Waals surface area (Å²) < 4.78 is 35.0. The molecule has 2 N–H and O–H groups in total. The van der Waals surface area contributed by atoms with Crippen LogP contribution in [0.1, 0.15) is 50.5 Å². The van der Waals surface area contributed by atoms with Gasteiger partial charge in [0, 0.05) is 93.7 Å². The van der Waals surface area contributed by atoms with E-state index in [4.69, 9.17) is 4.84 Å². The van der Waals surface area contributed by atoms with E-state index in [1.807, 2.05) is 115 Å². The van der Waals surface area contributed by atoms with Crippen LogP contribution in [0.3, 0.4) is 0 Å². The third-order valence-electron chi connectivity index (χ3n) is 11.3. The van der Waals surface area contributed by atoms with Gasteiger partial charge in [0.25, 0.3) is 11.8 Å². The van der Waals surface area contributed by atoms with Crippen molar-refractivity contribution < 1.29 is 61.9 Å². The number of hydroxylamine groups is 2. The average molecular weight is 1150 g/mol. The largest absolute Gasteiger partial charge is 0.748 e. The van der Waals surface area contributed by atoms with Gasteiger partial charge in [-0.25, -0.2) is 13.2 Å². The van der Waals surface area contributed by atoms with Gasteiger partial charge in [0.05, 0.1) is 26.9 Å². The van der Waals surface area contributed by atoms with Gasteiger partial charge in [0.1, 0.15) is 12.1 Å². The summed E-state index contributed by atoms with van der Waals surface area (Å²) in [6.45, 7) is 2.47. The molecule has 4 aromatic heterocycles. The van der Waals surface area contributed by atoms with Gasteiger partial charge in [-0.3, -0.25) is 29.1 Å². The quantitative estimate of drug-likeness (QED) is 0.0413. The van der Waals surface area contributed by atoms with Crippen molar-refractivity contribution in [2.75, 3.05) is 23.7 Å². The predicted octanol–water partition coefficient (Wildman–Crippen LogP) is 6.08. The Morgan fingerprint density at radius 1 is 0.775 bits per heavy atom. The van der Waals surface area contributed by atoms with E-state index in [1.54, 1.807) is 30.9 Å². The number of carbonyl (C=O) groups excluding carboxylic acids is 5. The van der Waals surface area contributed by atoms with E-state index in [0.717, 1.165) is 50.1 Å². The molecular formula is C52H49IrN8O9S-3. The Labute approximate surface area is 424 Å². The molecule has 6 heterocycles. The van der Waals surface area contributed by atoms with E-state index in [-0.39, 0.29) is 58.8 Å². The van der Waals surface area contributed by atoms with Gasteiger partial charge in [-0.1, -0.05) is 24.3 Å². The first-order valence-corrected chi connectivity index (χ1v) is 24.2. The number of nitrogens with one attached hydrogen (secondary N) is 2. The molecule has 2 saturated heterocycles. The molecule has 2 atom stereocenters. The fraction of sp³-hybridized carbons (Fsp3) is 0.250. The summed E-state index contributed by atoms with van der Waals surface area (Å²) >= 11 is 0. The molecule has 3 aromatic carbocycles. The molecule has 71 heavy (non-hydrogen) atoms. The number of rotatable bonds is 14. The van der Waals surface area contributed by atoms with Crippen molar-refractivity contribution in [2.45, 2.75) is 64.0 Å². The maximum Gasteiger partial charge on any atom is 0.333 e. The molecule has 1 radical (unpaired) electrons.